The Balaban J connectivity index is 1.36. The molecule has 0 spiro atoms. The van der Waals surface area contributed by atoms with Crippen molar-refractivity contribution in [2.75, 3.05) is 36.4 Å². The molecule has 0 bridgehead atoms. The Morgan fingerprint density at radius 2 is 1.84 bits per heavy atom. The van der Waals surface area contributed by atoms with Crippen molar-refractivity contribution in [3.63, 3.8) is 0 Å². The van der Waals surface area contributed by atoms with Crippen molar-refractivity contribution in [2.24, 2.45) is 0 Å². The maximum Gasteiger partial charge on any atom is 0.321 e. The third kappa shape index (κ3) is 3.83. The second-order valence-corrected chi connectivity index (χ2v) is 8.49. The number of para-hydroxylation sites is 2. The van der Waals surface area contributed by atoms with E-state index in [1.165, 1.54) is 6.07 Å². The van der Waals surface area contributed by atoms with Gasteiger partial charge in [-0.15, -0.1) is 0 Å². The zero-order chi connectivity index (χ0) is 21.4. The third-order valence-electron chi connectivity index (χ3n) is 5.60. The molecule has 3 heterocycles. The normalized spacial score (nSPS) is 14.8. The van der Waals surface area contributed by atoms with Crippen molar-refractivity contribution in [3.05, 3.63) is 71.1 Å². The average Bonchev–Trinajstić information content (AvgIpc) is 3.13. The highest BCUT2D eigenvalue weighted by molar-refractivity contribution is 9.10. The molecule has 1 aliphatic rings. The molecule has 2 aromatic heterocycles. The lowest BCUT2D eigenvalue weighted by atomic mass is 10.3. The number of urea groups is 1. The zero-order valence-electron chi connectivity index (χ0n) is 16.8. The van der Waals surface area contributed by atoms with E-state index in [1.54, 1.807) is 17.0 Å². The van der Waals surface area contributed by atoms with Crippen molar-refractivity contribution in [3.8, 4) is 0 Å². The van der Waals surface area contributed by atoms with Crippen LogP contribution in [0.4, 0.5) is 20.7 Å². The summed E-state index contributed by atoms with van der Waals surface area (Å²) in [5, 5.41) is 2.69. The van der Waals surface area contributed by atoms with Crippen LogP contribution in [0.2, 0.25) is 0 Å². The molecule has 4 aromatic rings. The summed E-state index contributed by atoms with van der Waals surface area (Å²) in [5.41, 5.74) is 3.23. The van der Waals surface area contributed by atoms with Gasteiger partial charge in [0.1, 0.15) is 5.82 Å². The van der Waals surface area contributed by atoms with Crippen LogP contribution >= 0.6 is 15.9 Å². The van der Waals surface area contributed by atoms with E-state index in [1.807, 2.05) is 30.5 Å². The minimum absolute atomic E-state index is 0.181. The van der Waals surface area contributed by atoms with Gasteiger partial charge in [0.15, 0.2) is 5.82 Å². The fourth-order valence-electron chi connectivity index (χ4n) is 4.06. The van der Waals surface area contributed by atoms with Gasteiger partial charge in [-0.2, -0.15) is 0 Å². The van der Waals surface area contributed by atoms with Gasteiger partial charge in [0.05, 0.1) is 22.2 Å². The van der Waals surface area contributed by atoms with E-state index in [2.05, 4.69) is 42.7 Å². The average molecular weight is 482 g/mol. The van der Waals surface area contributed by atoms with Crippen LogP contribution in [0.5, 0.6) is 0 Å². The zero-order valence-corrected chi connectivity index (χ0v) is 18.3. The van der Waals surface area contributed by atoms with E-state index in [9.17, 15) is 9.18 Å². The fourth-order valence-corrected chi connectivity index (χ4v) is 4.39. The molecule has 6 nitrogen and oxygen atoms in total. The Hall–Kier alpha value is -3.13. The number of rotatable bonds is 2. The van der Waals surface area contributed by atoms with Crippen molar-refractivity contribution in [2.45, 2.75) is 6.42 Å². The molecule has 5 rings (SSSR count). The van der Waals surface area contributed by atoms with E-state index in [0.29, 0.717) is 24.1 Å². The highest BCUT2D eigenvalue weighted by Gasteiger charge is 2.22. The van der Waals surface area contributed by atoms with Gasteiger partial charge in [-0.3, -0.25) is 0 Å². The molecule has 0 saturated carbocycles. The van der Waals surface area contributed by atoms with Gasteiger partial charge >= 0.3 is 6.03 Å². The molecule has 1 saturated heterocycles. The number of hydrogen-bond donors (Lipinski definition) is 1. The van der Waals surface area contributed by atoms with Crippen molar-refractivity contribution in [1.82, 2.24) is 14.3 Å². The Bertz CT molecular complexity index is 1270. The largest absolute Gasteiger partial charge is 0.353 e. The highest BCUT2D eigenvalue weighted by Crippen LogP contribution is 2.26. The SMILES string of the molecule is O=C(Nc1ccc(Br)cc1F)N1CCCN(c2nc3ccccc3n3cccc23)CC1. The first-order valence-corrected chi connectivity index (χ1v) is 11.0. The van der Waals surface area contributed by atoms with E-state index >= 15 is 0 Å². The molecular formula is C23H21BrFN5O. The summed E-state index contributed by atoms with van der Waals surface area (Å²) in [7, 11) is 0. The molecule has 0 aliphatic carbocycles. The minimum atomic E-state index is -0.463. The summed E-state index contributed by atoms with van der Waals surface area (Å²) >= 11 is 3.23. The molecule has 2 aromatic carbocycles. The number of carbonyl (C=O) groups is 1. The number of anilines is 2. The summed E-state index contributed by atoms with van der Waals surface area (Å²) in [6.45, 7) is 2.59. The standard InChI is InChI=1S/C23H21BrFN5O/c24-16-8-9-18(17(25)15-16)27-23(31)29-11-4-10-28(13-14-29)22-21-7-3-12-30(21)20-6-2-1-5-19(20)26-22/h1-3,5-9,12,15H,4,10-11,13-14H2,(H,27,31). The van der Waals surface area contributed by atoms with Crippen molar-refractivity contribution < 1.29 is 9.18 Å². The minimum Gasteiger partial charge on any atom is -0.353 e. The maximum atomic E-state index is 14.1. The number of halogens is 2. The van der Waals surface area contributed by atoms with Crippen LogP contribution in [0.15, 0.2) is 65.3 Å². The lowest BCUT2D eigenvalue weighted by molar-refractivity contribution is 0.215. The first-order valence-electron chi connectivity index (χ1n) is 10.2. The number of nitrogens with one attached hydrogen (secondary N) is 1. The van der Waals surface area contributed by atoms with Crippen LogP contribution in [0, 0.1) is 5.82 Å². The van der Waals surface area contributed by atoms with Crippen LogP contribution in [-0.2, 0) is 0 Å². The van der Waals surface area contributed by atoms with Gasteiger partial charge in [0.2, 0.25) is 0 Å². The summed E-state index contributed by atoms with van der Waals surface area (Å²) in [6, 6.07) is 16.5. The smallest absolute Gasteiger partial charge is 0.321 e. The molecule has 0 atom stereocenters. The molecule has 2 amide bonds. The number of hydrogen-bond acceptors (Lipinski definition) is 3. The summed E-state index contributed by atoms with van der Waals surface area (Å²) < 4.78 is 16.9. The lowest BCUT2D eigenvalue weighted by Crippen LogP contribution is -2.38. The number of carbonyl (C=O) groups excluding carboxylic acids is 1. The molecule has 1 N–H and O–H groups in total. The number of nitrogens with zero attached hydrogens (tertiary/aromatic N) is 4. The Morgan fingerprint density at radius 1 is 1.00 bits per heavy atom. The van der Waals surface area contributed by atoms with Crippen molar-refractivity contribution in [1.29, 1.82) is 0 Å². The topological polar surface area (TPSA) is 52.9 Å². The summed E-state index contributed by atoms with van der Waals surface area (Å²) in [4.78, 5) is 21.6. The monoisotopic (exact) mass is 481 g/mol. The van der Waals surface area contributed by atoms with Crippen LogP contribution in [0.3, 0.4) is 0 Å². The van der Waals surface area contributed by atoms with Gasteiger partial charge in [0, 0.05) is 36.8 Å². The van der Waals surface area contributed by atoms with Gasteiger partial charge in [0.25, 0.3) is 0 Å². The fraction of sp³-hybridized carbons (Fsp3) is 0.217. The highest BCUT2D eigenvalue weighted by atomic mass is 79.9. The van der Waals surface area contributed by atoms with Gasteiger partial charge < -0.3 is 19.5 Å². The van der Waals surface area contributed by atoms with Crippen molar-refractivity contribution >= 4 is 50.0 Å². The number of fused-ring (bicyclic) bond motifs is 3. The second kappa shape index (κ2) is 8.19. The molecule has 8 heteroatoms. The van der Waals surface area contributed by atoms with Crippen LogP contribution in [-0.4, -0.2) is 46.5 Å². The van der Waals surface area contributed by atoms with Gasteiger partial charge in [-0.1, -0.05) is 28.1 Å². The van der Waals surface area contributed by atoms with Crippen LogP contribution in [0.25, 0.3) is 16.6 Å². The summed E-state index contributed by atoms with van der Waals surface area (Å²) in [5.74, 6) is 0.458. The first kappa shape index (κ1) is 19.8. The maximum absolute atomic E-state index is 14.1. The Labute approximate surface area is 187 Å². The second-order valence-electron chi connectivity index (χ2n) is 7.57. The molecule has 0 radical (unpaired) electrons. The third-order valence-corrected chi connectivity index (χ3v) is 6.09. The van der Waals surface area contributed by atoms with E-state index in [0.717, 1.165) is 35.3 Å². The predicted octanol–water partition coefficient (Wildman–Crippen LogP) is 5.13. The van der Waals surface area contributed by atoms with E-state index in [4.69, 9.17) is 4.98 Å². The Kier molecular flexibility index (Phi) is 5.23. The number of aromatic nitrogens is 2. The van der Waals surface area contributed by atoms with Crippen LogP contribution < -0.4 is 10.2 Å². The van der Waals surface area contributed by atoms with Gasteiger partial charge in [-0.05, 0) is 48.9 Å². The molecule has 1 fully saturated rings. The van der Waals surface area contributed by atoms with E-state index < -0.39 is 5.82 Å². The molecule has 158 valence electrons. The number of benzene rings is 2. The molecule has 1 aliphatic heterocycles. The molecule has 0 unspecified atom stereocenters. The predicted molar refractivity (Wildman–Crippen MR) is 124 cm³/mol. The molecule has 31 heavy (non-hydrogen) atoms. The quantitative estimate of drug-likeness (QED) is 0.431. The number of amides is 2. The van der Waals surface area contributed by atoms with Crippen LogP contribution in [0.1, 0.15) is 6.42 Å². The summed E-state index contributed by atoms with van der Waals surface area (Å²) in [6.07, 6.45) is 2.85. The van der Waals surface area contributed by atoms with Gasteiger partial charge in [-0.25, -0.2) is 14.2 Å². The van der Waals surface area contributed by atoms with E-state index in [-0.39, 0.29) is 11.7 Å². The first-order chi connectivity index (χ1) is 15.1. The Morgan fingerprint density at radius 3 is 2.71 bits per heavy atom. The molecular weight excluding hydrogens is 461 g/mol. The lowest BCUT2D eigenvalue weighted by Gasteiger charge is -2.24.